The quantitative estimate of drug-likeness (QED) is 0.0261. The lowest BCUT2D eigenvalue weighted by atomic mass is 10.0. The molecule has 1 unspecified atom stereocenters. The Bertz CT molecular complexity index is 1520. The summed E-state index contributed by atoms with van der Waals surface area (Å²) in [5, 5.41) is 0. The maximum atomic E-state index is 12.8. The molecule has 0 saturated heterocycles. The smallest absolute Gasteiger partial charge is 0.306 e. The lowest BCUT2D eigenvalue weighted by Gasteiger charge is -2.18. The van der Waals surface area contributed by atoms with Gasteiger partial charge in [0.2, 0.25) is 0 Å². The van der Waals surface area contributed by atoms with Gasteiger partial charge in [0.25, 0.3) is 0 Å². The second kappa shape index (κ2) is 62.6. The van der Waals surface area contributed by atoms with Crippen LogP contribution in [-0.2, 0) is 28.6 Å². The van der Waals surface area contributed by atoms with Crippen LogP contribution in [0, 0.1) is 0 Å². The van der Waals surface area contributed by atoms with Crippen LogP contribution in [0.1, 0.15) is 290 Å². The Morgan fingerprint density at radius 3 is 0.813 bits per heavy atom. The van der Waals surface area contributed by atoms with E-state index in [1.54, 1.807) is 0 Å². The van der Waals surface area contributed by atoms with Gasteiger partial charge in [-0.3, -0.25) is 14.4 Å². The average Bonchev–Trinajstić information content (AvgIpc) is 3.41. The lowest BCUT2D eigenvalue weighted by Crippen LogP contribution is -2.30. The normalized spacial score (nSPS) is 12.8. The van der Waals surface area contributed by atoms with E-state index in [1.807, 2.05) is 0 Å². The van der Waals surface area contributed by atoms with Crippen LogP contribution in [0.25, 0.3) is 0 Å². The fourth-order valence-corrected chi connectivity index (χ4v) is 8.61. The second-order valence-corrected chi connectivity index (χ2v) is 20.6. The number of carbonyl (C=O) groups excluding carboxylic acids is 3. The molecule has 0 fully saturated rings. The van der Waals surface area contributed by atoms with E-state index in [0.29, 0.717) is 19.3 Å². The van der Waals surface area contributed by atoms with Gasteiger partial charge in [0.05, 0.1) is 0 Å². The third-order valence-corrected chi connectivity index (χ3v) is 13.3. The molecule has 0 aliphatic rings. The molecule has 0 bridgehead atoms. The minimum absolute atomic E-state index is 0.0795. The number of unbranched alkanes of at least 4 members (excludes halogenated alkanes) is 27. The van der Waals surface area contributed by atoms with Crippen LogP contribution >= 0.6 is 0 Å². The van der Waals surface area contributed by atoms with Crippen molar-refractivity contribution in [1.29, 1.82) is 0 Å². The Balaban J connectivity index is 4.06. The molecule has 0 spiro atoms. The van der Waals surface area contributed by atoms with Crippen molar-refractivity contribution in [2.24, 2.45) is 0 Å². The zero-order valence-electron chi connectivity index (χ0n) is 49.0. The number of hydrogen-bond acceptors (Lipinski definition) is 6. The van der Waals surface area contributed by atoms with E-state index in [0.717, 1.165) is 128 Å². The van der Waals surface area contributed by atoms with Crippen LogP contribution in [0.3, 0.4) is 0 Å². The topological polar surface area (TPSA) is 78.9 Å². The van der Waals surface area contributed by atoms with Gasteiger partial charge in [0.15, 0.2) is 6.10 Å². The number of hydrogen-bond donors (Lipinski definition) is 0. The molecule has 0 radical (unpaired) electrons. The van der Waals surface area contributed by atoms with E-state index in [1.165, 1.54) is 122 Å². The molecular formula is C69H116O6. The molecule has 6 heteroatoms. The van der Waals surface area contributed by atoms with E-state index >= 15 is 0 Å². The SMILES string of the molecule is CC/C=C\C/C=C\C/C=C\C/C=C\C/C=C\C/C=C\C/C=C\C/C=C\C/C=C\CCCCCCCCCC(=O)OCC(COC(=O)CCCCCCC)OC(=O)CCCCCCCCCCCCCCCCCCC. The monoisotopic (exact) mass is 1040 g/mol. The van der Waals surface area contributed by atoms with Crippen LogP contribution in [-0.4, -0.2) is 37.2 Å². The van der Waals surface area contributed by atoms with Gasteiger partial charge in [-0.2, -0.15) is 0 Å². The van der Waals surface area contributed by atoms with Gasteiger partial charge in [0, 0.05) is 19.3 Å². The summed E-state index contributed by atoms with van der Waals surface area (Å²) in [5.74, 6) is -0.898. The van der Waals surface area contributed by atoms with E-state index in [-0.39, 0.29) is 31.1 Å². The summed E-state index contributed by atoms with van der Waals surface area (Å²) in [6, 6.07) is 0. The third kappa shape index (κ3) is 60.8. The molecule has 1 atom stereocenters. The molecule has 0 aliphatic heterocycles. The largest absolute Gasteiger partial charge is 0.462 e. The first-order valence-corrected chi connectivity index (χ1v) is 31.4. The first-order chi connectivity index (χ1) is 37.0. The number of esters is 3. The van der Waals surface area contributed by atoms with Gasteiger partial charge in [-0.1, -0.05) is 291 Å². The molecule has 0 saturated carbocycles. The average molecular weight is 1040 g/mol. The molecule has 0 aliphatic carbocycles. The fraction of sp³-hybridized carbons (Fsp3) is 0.696. The molecule has 0 aromatic rings. The zero-order chi connectivity index (χ0) is 54.3. The Labute approximate surface area is 463 Å². The molecule has 428 valence electrons. The molecule has 0 heterocycles. The maximum Gasteiger partial charge on any atom is 0.306 e. The molecule has 75 heavy (non-hydrogen) atoms. The van der Waals surface area contributed by atoms with Crippen molar-refractivity contribution in [3.63, 3.8) is 0 Å². The summed E-state index contributed by atoms with van der Waals surface area (Å²) in [5.41, 5.74) is 0. The highest BCUT2D eigenvalue weighted by molar-refractivity contribution is 5.71. The lowest BCUT2D eigenvalue weighted by molar-refractivity contribution is -0.167. The van der Waals surface area contributed by atoms with Crippen LogP contribution in [0.2, 0.25) is 0 Å². The van der Waals surface area contributed by atoms with Gasteiger partial charge >= 0.3 is 17.9 Å². The Hall–Kier alpha value is -3.93. The van der Waals surface area contributed by atoms with E-state index in [9.17, 15) is 14.4 Å². The predicted molar refractivity (Wildman–Crippen MR) is 325 cm³/mol. The first-order valence-electron chi connectivity index (χ1n) is 31.4. The molecular weight excluding hydrogens is 925 g/mol. The molecule has 6 nitrogen and oxygen atoms in total. The van der Waals surface area contributed by atoms with E-state index in [4.69, 9.17) is 14.2 Å². The third-order valence-electron chi connectivity index (χ3n) is 13.3. The Morgan fingerprint density at radius 1 is 0.280 bits per heavy atom. The second-order valence-electron chi connectivity index (χ2n) is 20.6. The predicted octanol–water partition coefficient (Wildman–Crippen LogP) is 21.4. The summed E-state index contributed by atoms with van der Waals surface area (Å²) >= 11 is 0. The molecule has 0 aromatic carbocycles. The van der Waals surface area contributed by atoms with Crippen LogP contribution in [0.4, 0.5) is 0 Å². The molecule has 0 rings (SSSR count). The molecule has 0 amide bonds. The minimum atomic E-state index is -0.777. The summed E-state index contributed by atoms with van der Waals surface area (Å²) in [4.78, 5) is 37.9. The van der Waals surface area contributed by atoms with Gasteiger partial charge in [0.1, 0.15) is 13.2 Å². The highest BCUT2D eigenvalue weighted by Crippen LogP contribution is 2.16. The standard InChI is InChI=1S/C69H116O6/c1-4-7-10-13-15-17-19-21-23-25-26-27-28-29-30-31-32-33-34-35-36-37-38-39-40-41-42-44-45-47-49-51-53-56-59-62-68(71)74-65-66(64-73-67(70)61-58-55-12-9-6-3)75-69(72)63-60-57-54-52-50-48-46-43-24-22-20-18-16-14-11-8-5-2/h7,10,15,17,21,23,26-27,29-30,32-33,35-36,38-39,41-42,66H,4-6,8-9,11-14,16,18-20,22,24-25,28,31,34,37,40,43-65H2,1-3H3/b10-7-,17-15-,23-21-,27-26-,30-29-,33-32-,36-35-,39-38-,42-41-. The first kappa shape index (κ1) is 71.1. The van der Waals surface area contributed by atoms with Gasteiger partial charge in [-0.15, -0.1) is 0 Å². The van der Waals surface area contributed by atoms with Crippen molar-refractivity contribution >= 4 is 17.9 Å². The van der Waals surface area contributed by atoms with Crippen molar-refractivity contribution < 1.29 is 28.6 Å². The van der Waals surface area contributed by atoms with Crippen LogP contribution in [0.5, 0.6) is 0 Å². The van der Waals surface area contributed by atoms with Crippen molar-refractivity contribution in [2.45, 2.75) is 297 Å². The summed E-state index contributed by atoms with van der Waals surface area (Å²) in [7, 11) is 0. The number of carbonyl (C=O) groups is 3. The van der Waals surface area contributed by atoms with Crippen LogP contribution < -0.4 is 0 Å². The van der Waals surface area contributed by atoms with E-state index in [2.05, 4.69) is 130 Å². The Morgan fingerprint density at radius 2 is 0.520 bits per heavy atom. The number of rotatable bonds is 56. The molecule has 0 N–H and O–H groups in total. The van der Waals surface area contributed by atoms with Crippen molar-refractivity contribution in [2.75, 3.05) is 13.2 Å². The number of allylic oxidation sites excluding steroid dienone is 18. The van der Waals surface area contributed by atoms with Crippen molar-refractivity contribution in [1.82, 2.24) is 0 Å². The highest BCUT2D eigenvalue weighted by Gasteiger charge is 2.19. The summed E-state index contributed by atoms with van der Waals surface area (Å²) in [6.45, 7) is 6.45. The highest BCUT2D eigenvalue weighted by atomic mass is 16.6. The van der Waals surface area contributed by atoms with E-state index < -0.39 is 6.10 Å². The maximum absolute atomic E-state index is 12.8. The van der Waals surface area contributed by atoms with Gasteiger partial charge < -0.3 is 14.2 Å². The zero-order valence-corrected chi connectivity index (χ0v) is 49.0. The molecule has 0 aromatic heterocycles. The summed E-state index contributed by atoms with van der Waals surface area (Å²) < 4.78 is 16.7. The Kier molecular flexibility index (Phi) is 59.3. The van der Waals surface area contributed by atoms with Crippen molar-refractivity contribution in [3.05, 3.63) is 109 Å². The number of ether oxygens (including phenoxy) is 3. The van der Waals surface area contributed by atoms with Crippen LogP contribution in [0.15, 0.2) is 109 Å². The minimum Gasteiger partial charge on any atom is -0.462 e. The summed E-state index contributed by atoms with van der Waals surface area (Å²) in [6.07, 6.45) is 85.7. The van der Waals surface area contributed by atoms with Gasteiger partial charge in [-0.25, -0.2) is 0 Å². The fourth-order valence-electron chi connectivity index (χ4n) is 8.61. The van der Waals surface area contributed by atoms with Gasteiger partial charge in [-0.05, 0) is 89.9 Å². The van der Waals surface area contributed by atoms with Crippen molar-refractivity contribution in [3.8, 4) is 0 Å².